The molecule has 2 aliphatic carbocycles. The van der Waals surface area contributed by atoms with Crippen LogP contribution in [-0.2, 0) is 12.8 Å². The van der Waals surface area contributed by atoms with Crippen molar-refractivity contribution in [3.05, 3.63) is 59.7 Å². The Morgan fingerprint density at radius 1 is 0.643 bits per heavy atom. The minimum atomic E-state index is 1.14. The van der Waals surface area contributed by atoms with Gasteiger partial charge in [0.2, 0.25) is 0 Å². The van der Waals surface area contributed by atoms with E-state index in [0.29, 0.717) is 0 Å². The van der Waals surface area contributed by atoms with Gasteiger partial charge in [-0.25, -0.2) is 0 Å². The topological polar surface area (TPSA) is 0 Å². The summed E-state index contributed by atoms with van der Waals surface area (Å²) in [5.41, 5.74) is 2.89. The standard InChI is InChI=1S/C14H16/c1-2-4-6-8-14-11-9-13(10-12-14)7-5-3-1/h1-4,9-12H,5-8H2. The van der Waals surface area contributed by atoms with Gasteiger partial charge in [0, 0.05) is 0 Å². The molecule has 0 saturated carbocycles. The van der Waals surface area contributed by atoms with Crippen LogP contribution in [0.2, 0.25) is 0 Å². The molecule has 0 saturated heterocycles. The largest absolute Gasteiger partial charge is 0.0842 e. The molecule has 1 aromatic carbocycles. The van der Waals surface area contributed by atoms with E-state index in [-0.39, 0.29) is 0 Å². The summed E-state index contributed by atoms with van der Waals surface area (Å²) >= 11 is 0. The summed E-state index contributed by atoms with van der Waals surface area (Å²) in [5.74, 6) is 0. The van der Waals surface area contributed by atoms with Crippen LogP contribution >= 0.6 is 0 Å². The van der Waals surface area contributed by atoms with Crippen LogP contribution in [0.25, 0.3) is 0 Å². The number of benzene rings is 1. The molecule has 3 rings (SSSR count). The van der Waals surface area contributed by atoms with Crippen LogP contribution in [-0.4, -0.2) is 0 Å². The smallest absolute Gasteiger partial charge is 0.0244 e. The number of allylic oxidation sites excluding steroid dienone is 4. The van der Waals surface area contributed by atoms with Crippen LogP contribution in [0.1, 0.15) is 24.0 Å². The van der Waals surface area contributed by atoms with Crippen molar-refractivity contribution in [1.82, 2.24) is 0 Å². The second-order valence-electron chi connectivity index (χ2n) is 3.75. The first-order chi connectivity index (χ1) is 6.95. The highest BCUT2D eigenvalue weighted by Gasteiger charge is 1.94. The van der Waals surface area contributed by atoms with Gasteiger partial charge in [-0.1, -0.05) is 48.6 Å². The van der Waals surface area contributed by atoms with Gasteiger partial charge < -0.3 is 0 Å². The summed E-state index contributed by atoms with van der Waals surface area (Å²) in [6, 6.07) is 9.03. The zero-order valence-electron chi connectivity index (χ0n) is 8.45. The van der Waals surface area contributed by atoms with Gasteiger partial charge in [-0.15, -0.1) is 0 Å². The Bertz CT molecular complexity index is 293. The molecule has 0 aliphatic heterocycles. The van der Waals surface area contributed by atoms with Crippen molar-refractivity contribution >= 4 is 0 Å². The van der Waals surface area contributed by atoms with Crippen LogP contribution < -0.4 is 0 Å². The minimum Gasteiger partial charge on any atom is -0.0842 e. The number of aryl methyl sites for hydroxylation is 2. The molecule has 1 aromatic rings. The summed E-state index contributed by atoms with van der Waals surface area (Å²) in [6.07, 6.45) is 13.4. The summed E-state index contributed by atoms with van der Waals surface area (Å²) in [6.45, 7) is 0. The lowest BCUT2D eigenvalue weighted by molar-refractivity contribution is 0.971. The molecule has 0 nitrogen and oxygen atoms in total. The maximum atomic E-state index is 2.26. The Morgan fingerprint density at radius 2 is 1.07 bits per heavy atom. The van der Waals surface area contributed by atoms with Crippen molar-refractivity contribution in [2.45, 2.75) is 25.7 Å². The third-order valence-electron chi connectivity index (χ3n) is 2.61. The van der Waals surface area contributed by atoms with Gasteiger partial charge in [0.25, 0.3) is 0 Å². The van der Waals surface area contributed by atoms with Gasteiger partial charge in [0.15, 0.2) is 0 Å². The highest BCUT2D eigenvalue weighted by atomic mass is 14.0. The molecular formula is C14H16. The van der Waals surface area contributed by atoms with Crippen LogP contribution in [0, 0.1) is 0 Å². The molecule has 0 N–H and O–H groups in total. The average molecular weight is 184 g/mol. The molecule has 0 amide bonds. The first-order valence-electron chi connectivity index (χ1n) is 5.34. The van der Waals surface area contributed by atoms with E-state index in [1.54, 1.807) is 0 Å². The Kier molecular flexibility index (Phi) is 3.18. The van der Waals surface area contributed by atoms with E-state index in [4.69, 9.17) is 0 Å². The molecule has 0 fully saturated rings. The second kappa shape index (κ2) is 4.80. The van der Waals surface area contributed by atoms with Gasteiger partial charge >= 0.3 is 0 Å². The molecule has 2 bridgehead atoms. The van der Waals surface area contributed by atoms with Crippen molar-refractivity contribution in [2.24, 2.45) is 0 Å². The lowest BCUT2D eigenvalue weighted by Gasteiger charge is -2.02. The SMILES string of the molecule is C1=CCCc2ccc(cc2)CCC=C1. The molecule has 0 unspecified atom stereocenters. The molecule has 0 atom stereocenters. The van der Waals surface area contributed by atoms with Crippen molar-refractivity contribution < 1.29 is 0 Å². The zero-order chi connectivity index (χ0) is 9.64. The van der Waals surface area contributed by atoms with Gasteiger partial charge in [0.05, 0.1) is 0 Å². The van der Waals surface area contributed by atoms with Crippen molar-refractivity contribution in [3.63, 3.8) is 0 Å². The number of rotatable bonds is 0. The molecule has 0 spiro atoms. The quantitative estimate of drug-likeness (QED) is 0.577. The normalized spacial score (nSPS) is 16.3. The zero-order valence-corrected chi connectivity index (χ0v) is 8.45. The summed E-state index contributed by atoms with van der Waals surface area (Å²) in [5, 5.41) is 0. The first kappa shape index (κ1) is 9.26. The summed E-state index contributed by atoms with van der Waals surface area (Å²) < 4.78 is 0. The van der Waals surface area contributed by atoms with E-state index in [0.717, 1.165) is 25.7 Å². The van der Waals surface area contributed by atoms with E-state index >= 15 is 0 Å². The molecule has 72 valence electrons. The first-order valence-corrected chi connectivity index (χ1v) is 5.34. The predicted octanol–water partition coefficient (Wildman–Crippen LogP) is 3.68. The minimum absolute atomic E-state index is 1.14. The van der Waals surface area contributed by atoms with E-state index in [9.17, 15) is 0 Å². The van der Waals surface area contributed by atoms with E-state index in [1.165, 1.54) is 11.1 Å². The Morgan fingerprint density at radius 3 is 1.50 bits per heavy atom. The molecule has 0 aromatic heterocycles. The number of hydrogen-bond acceptors (Lipinski definition) is 0. The third-order valence-corrected chi connectivity index (χ3v) is 2.61. The fourth-order valence-electron chi connectivity index (χ4n) is 1.72. The van der Waals surface area contributed by atoms with Gasteiger partial charge in [-0.2, -0.15) is 0 Å². The fraction of sp³-hybridized carbons (Fsp3) is 0.286. The monoisotopic (exact) mass is 184 g/mol. The highest BCUT2D eigenvalue weighted by Crippen LogP contribution is 2.10. The third kappa shape index (κ3) is 2.59. The summed E-state index contributed by atoms with van der Waals surface area (Å²) in [4.78, 5) is 0. The Balaban J connectivity index is 2.17. The molecule has 0 heterocycles. The maximum Gasteiger partial charge on any atom is -0.0244 e. The fourth-order valence-corrected chi connectivity index (χ4v) is 1.72. The highest BCUT2D eigenvalue weighted by molar-refractivity contribution is 5.24. The molecule has 2 aliphatic rings. The second-order valence-corrected chi connectivity index (χ2v) is 3.75. The van der Waals surface area contributed by atoms with Crippen LogP contribution in [0.3, 0.4) is 0 Å². The average Bonchev–Trinajstić information content (AvgIpc) is 2.20. The van der Waals surface area contributed by atoms with E-state index in [2.05, 4.69) is 48.6 Å². The molecule has 0 heteroatoms. The van der Waals surface area contributed by atoms with Crippen LogP contribution in [0.5, 0.6) is 0 Å². The van der Waals surface area contributed by atoms with Crippen LogP contribution in [0.15, 0.2) is 48.6 Å². The number of fused-ring (bicyclic) bond motifs is 7. The molecular weight excluding hydrogens is 168 g/mol. The lowest BCUT2D eigenvalue weighted by atomic mass is 10.0. The Labute approximate surface area is 86.0 Å². The van der Waals surface area contributed by atoms with E-state index in [1.807, 2.05) is 0 Å². The number of hydrogen-bond donors (Lipinski definition) is 0. The van der Waals surface area contributed by atoms with Gasteiger partial charge in [-0.3, -0.25) is 0 Å². The molecule has 0 radical (unpaired) electrons. The van der Waals surface area contributed by atoms with Gasteiger partial charge in [0.1, 0.15) is 0 Å². The van der Waals surface area contributed by atoms with Crippen molar-refractivity contribution in [1.29, 1.82) is 0 Å². The van der Waals surface area contributed by atoms with Gasteiger partial charge in [-0.05, 0) is 36.8 Å². The maximum absolute atomic E-state index is 2.26. The van der Waals surface area contributed by atoms with E-state index < -0.39 is 0 Å². The predicted molar refractivity (Wildman–Crippen MR) is 61.4 cm³/mol. The Hall–Kier alpha value is -1.30. The van der Waals surface area contributed by atoms with Crippen LogP contribution in [0.4, 0.5) is 0 Å². The summed E-state index contributed by atoms with van der Waals surface area (Å²) in [7, 11) is 0. The van der Waals surface area contributed by atoms with Crippen molar-refractivity contribution in [2.75, 3.05) is 0 Å². The molecule has 14 heavy (non-hydrogen) atoms. The van der Waals surface area contributed by atoms with Crippen molar-refractivity contribution in [3.8, 4) is 0 Å². The lowest BCUT2D eigenvalue weighted by Crippen LogP contribution is -1.87.